The molecule has 0 aliphatic heterocycles. The van der Waals surface area contributed by atoms with Crippen LogP contribution < -0.4 is 11.2 Å². The van der Waals surface area contributed by atoms with Crippen LogP contribution in [0, 0.1) is 0 Å². The van der Waals surface area contributed by atoms with Gasteiger partial charge in [-0.2, -0.15) is 0 Å². The second-order valence-corrected chi connectivity index (χ2v) is 9.62. The van der Waals surface area contributed by atoms with Crippen molar-refractivity contribution in [1.29, 1.82) is 0 Å². The summed E-state index contributed by atoms with van der Waals surface area (Å²) in [6, 6.07) is 6.76. The monoisotopic (exact) mass is 500 g/mol. The van der Waals surface area contributed by atoms with Gasteiger partial charge in [-0.15, -0.1) is 0 Å². The highest BCUT2D eigenvalue weighted by Crippen LogP contribution is 2.28. The molecule has 0 saturated heterocycles. The number of hydrogen-bond acceptors (Lipinski definition) is 7. The average Bonchev–Trinajstić information content (AvgIpc) is 3.32. The molecule has 0 aliphatic carbocycles. The van der Waals surface area contributed by atoms with Crippen molar-refractivity contribution in [2.24, 2.45) is 19.3 Å². The van der Waals surface area contributed by atoms with E-state index in [4.69, 9.17) is 21.5 Å². The van der Waals surface area contributed by atoms with E-state index in [1.165, 1.54) is 27.7 Å². The summed E-state index contributed by atoms with van der Waals surface area (Å²) >= 11 is 6.37. The fourth-order valence-electron chi connectivity index (χ4n) is 4.00. The zero-order valence-corrected chi connectivity index (χ0v) is 20.9. The third-order valence-electron chi connectivity index (χ3n) is 5.60. The fourth-order valence-corrected chi connectivity index (χ4v) is 4.23. The van der Waals surface area contributed by atoms with E-state index >= 15 is 0 Å². The number of fused-ring (bicyclic) bond motifs is 2. The number of hydrogen-bond donors (Lipinski definition) is 1. The number of ether oxygens (including phenoxy) is 1. The van der Waals surface area contributed by atoms with Gasteiger partial charge in [-0.25, -0.2) is 19.1 Å². The lowest BCUT2D eigenvalue weighted by Gasteiger charge is -2.21. The van der Waals surface area contributed by atoms with Crippen LogP contribution in [0.15, 0.2) is 39.0 Å². The van der Waals surface area contributed by atoms with Gasteiger partial charge in [0.1, 0.15) is 11.3 Å². The van der Waals surface area contributed by atoms with Crippen molar-refractivity contribution >= 4 is 45.5 Å². The molecule has 184 valence electrons. The molecular weight excluding hydrogens is 476 g/mol. The maximum atomic E-state index is 13.5. The van der Waals surface area contributed by atoms with Crippen LogP contribution in [0.1, 0.15) is 39.2 Å². The first-order valence-corrected chi connectivity index (χ1v) is 11.1. The SMILES string of the molecule is C/C(=N\O)c1nc2c(c(=O)n(Cc3cc4c(Cl)cccc4n3C(=O)OC(C)(C)C)c(=O)n2C)n1C. The summed E-state index contributed by atoms with van der Waals surface area (Å²) in [4.78, 5) is 44.1. The number of halogens is 1. The third-order valence-corrected chi connectivity index (χ3v) is 5.93. The molecule has 0 atom stereocenters. The van der Waals surface area contributed by atoms with Crippen LogP contribution in [0.3, 0.4) is 0 Å². The number of benzene rings is 1. The van der Waals surface area contributed by atoms with E-state index in [0.29, 0.717) is 21.6 Å². The first kappa shape index (κ1) is 24.3. The van der Waals surface area contributed by atoms with Gasteiger partial charge in [0, 0.05) is 24.5 Å². The Kier molecular flexibility index (Phi) is 5.84. The quantitative estimate of drug-likeness (QED) is 0.262. The van der Waals surface area contributed by atoms with Gasteiger partial charge < -0.3 is 14.5 Å². The molecule has 35 heavy (non-hydrogen) atoms. The van der Waals surface area contributed by atoms with Crippen molar-refractivity contribution in [3.05, 3.63) is 61.6 Å². The molecule has 0 radical (unpaired) electrons. The molecular formula is C23H25ClN6O5. The van der Waals surface area contributed by atoms with E-state index in [0.717, 1.165) is 4.57 Å². The first-order valence-electron chi connectivity index (χ1n) is 10.7. The Hall–Kier alpha value is -3.86. The highest BCUT2D eigenvalue weighted by Gasteiger charge is 2.25. The van der Waals surface area contributed by atoms with Gasteiger partial charge >= 0.3 is 11.8 Å². The fraction of sp³-hybridized carbons (Fsp3) is 0.348. The normalized spacial score (nSPS) is 12.6. The van der Waals surface area contributed by atoms with Gasteiger partial charge in [-0.1, -0.05) is 22.8 Å². The molecule has 0 amide bonds. The van der Waals surface area contributed by atoms with E-state index in [1.54, 1.807) is 52.1 Å². The van der Waals surface area contributed by atoms with Gasteiger partial charge in [-0.3, -0.25) is 13.9 Å². The molecule has 0 saturated carbocycles. The summed E-state index contributed by atoms with van der Waals surface area (Å²) in [5.41, 5.74) is -0.703. The van der Waals surface area contributed by atoms with Crippen LogP contribution in [-0.2, 0) is 25.4 Å². The van der Waals surface area contributed by atoms with Crippen molar-refractivity contribution in [3.63, 3.8) is 0 Å². The highest BCUT2D eigenvalue weighted by molar-refractivity contribution is 6.35. The summed E-state index contributed by atoms with van der Waals surface area (Å²) in [6.07, 6.45) is -0.659. The first-order chi connectivity index (χ1) is 16.4. The number of carbonyl (C=O) groups excluding carboxylic acids is 1. The molecule has 0 fully saturated rings. The van der Waals surface area contributed by atoms with E-state index in [1.807, 2.05) is 0 Å². The third kappa shape index (κ3) is 4.01. The number of oxime groups is 1. The van der Waals surface area contributed by atoms with E-state index in [9.17, 15) is 14.4 Å². The molecule has 0 aliphatic rings. The summed E-state index contributed by atoms with van der Waals surface area (Å²) < 4.78 is 10.6. The molecule has 0 bridgehead atoms. The zero-order chi connectivity index (χ0) is 25.8. The molecule has 12 heteroatoms. The van der Waals surface area contributed by atoms with Gasteiger partial charge in [0.15, 0.2) is 17.0 Å². The lowest BCUT2D eigenvalue weighted by atomic mass is 10.2. The highest BCUT2D eigenvalue weighted by atomic mass is 35.5. The zero-order valence-electron chi connectivity index (χ0n) is 20.2. The van der Waals surface area contributed by atoms with E-state index < -0.39 is 22.9 Å². The Balaban J connectivity index is 1.97. The number of aryl methyl sites for hydroxylation is 2. The van der Waals surface area contributed by atoms with Crippen LogP contribution in [0.5, 0.6) is 0 Å². The molecule has 0 spiro atoms. The van der Waals surface area contributed by atoms with Crippen molar-refractivity contribution in [1.82, 2.24) is 23.3 Å². The van der Waals surface area contributed by atoms with E-state index in [2.05, 4.69) is 10.1 Å². The van der Waals surface area contributed by atoms with Gasteiger partial charge in [0.25, 0.3) is 5.56 Å². The topological polar surface area (TPSA) is 126 Å². The van der Waals surface area contributed by atoms with Crippen molar-refractivity contribution in [2.75, 3.05) is 0 Å². The molecule has 4 aromatic rings. The molecule has 1 N–H and O–H groups in total. The van der Waals surface area contributed by atoms with E-state index in [-0.39, 0.29) is 29.2 Å². The van der Waals surface area contributed by atoms with Crippen LogP contribution in [0.4, 0.5) is 4.79 Å². The standard InChI is InChI=1S/C23H25ClN6O5/c1-12(26-34)18-25-19-17(27(18)5)20(31)29(21(32)28(19)6)11-13-10-14-15(24)8-7-9-16(14)30(13)22(33)35-23(2,3)4/h7-10,34H,11H2,1-6H3/b26-12+. The summed E-state index contributed by atoms with van der Waals surface area (Å²) in [7, 11) is 3.08. The lowest BCUT2D eigenvalue weighted by Crippen LogP contribution is -2.40. The maximum Gasteiger partial charge on any atom is 0.419 e. The Bertz CT molecular complexity index is 1650. The van der Waals surface area contributed by atoms with Gasteiger partial charge in [-0.05, 0) is 45.9 Å². The largest absolute Gasteiger partial charge is 0.443 e. The summed E-state index contributed by atoms with van der Waals surface area (Å²) in [6.45, 7) is 6.54. The predicted molar refractivity (Wildman–Crippen MR) is 132 cm³/mol. The minimum absolute atomic E-state index is 0.142. The predicted octanol–water partition coefficient (Wildman–Crippen LogP) is 3.07. The molecule has 3 heterocycles. The summed E-state index contributed by atoms with van der Waals surface area (Å²) in [5, 5.41) is 13.3. The van der Waals surface area contributed by atoms with Crippen LogP contribution in [0.25, 0.3) is 22.1 Å². The van der Waals surface area contributed by atoms with Crippen LogP contribution >= 0.6 is 11.6 Å². The Morgan fingerprint density at radius 3 is 2.51 bits per heavy atom. The number of nitrogens with zero attached hydrogens (tertiary/aromatic N) is 6. The molecule has 0 unspecified atom stereocenters. The Morgan fingerprint density at radius 2 is 1.89 bits per heavy atom. The second kappa shape index (κ2) is 8.42. The van der Waals surface area contributed by atoms with Crippen molar-refractivity contribution < 1.29 is 14.7 Å². The molecule has 1 aromatic carbocycles. The number of imidazole rings is 1. The van der Waals surface area contributed by atoms with Gasteiger partial charge in [0.05, 0.1) is 17.8 Å². The Labute approximate surface area is 204 Å². The van der Waals surface area contributed by atoms with Crippen LogP contribution in [0.2, 0.25) is 5.02 Å². The average molecular weight is 501 g/mol. The van der Waals surface area contributed by atoms with Crippen molar-refractivity contribution in [3.8, 4) is 0 Å². The molecule has 4 rings (SSSR count). The maximum absolute atomic E-state index is 13.5. The smallest absolute Gasteiger partial charge is 0.419 e. The van der Waals surface area contributed by atoms with Crippen LogP contribution in [-0.4, -0.2) is 45.9 Å². The minimum atomic E-state index is -0.771. The minimum Gasteiger partial charge on any atom is -0.443 e. The van der Waals surface area contributed by atoms with Crippen molar-refractivity contribution in [2.45, 2.75) is 39.8 Å². The lowest BCUT2D eigenvalue weighted by molar-refractivity contribution is 0.0540. The molecule has 11 nitrogen and oxygen atoms in total. The number of rotatable bonds is 3. The number of aromatic nitrogens is 5. The van der Waals surface area contributed by atoms with Gasteiger partial charge in [0.2, 0.25) is 0 Å². The number of carbonyl (C=O) groups is 1. The second-order valence-electron chi connectivity index (χ2n) is 9.21. The Morgan fingerprint density at radius 1 is 1.20 bits per heavy atom. The molecule has 3 aromatic heterocycles. The summed E-state index contributed by atoms with van der Waals surface area (Å²) in [5.74, 6) is 0.238.